The number of likely N-dealkylation sites (tertiary alicyclic amines) is 1. The van der Waals surface area contributed by atoms with Crippen LogP contribution >= 0.6 is 0 Å². The van der Waals surface area contributed by atoms with Crippen LogP contribution in [0, 0.1) is 23.7 Å². The molecule has 0 aromatic rings. The molecule has 1 heterocycles. The fraction of sp³-hybridized carbons (Fsp3) is 1.00. The van der Waals surface area contributed by atoms with E-state index in [1.807, 2.05) is 0 Å². The van der Waals surface area contributed by atoms with Crippen LogP contribution in [0.25, 0.3) is 0 Å². The van der Waals surface area contributed by atoms with E-state index in [2.05, 4.69) is 32.6 Å². The molecular weight excluding hydrogens is 170 g/mol. The molecule has 82 valence electrons. The van der Waals surface area contributed by atoms with Crippen LogP contribution in [-0.4, -0.2) is 24.0 Å². The van der Waals surface area contributed by atoms with Crippen molar-refractivity contribution >= 4 is 0 Å². The molecule has 0 bridgehead atoms. The Hall–Kier alpha value is -0.0400. The summed E-state index contributed by atoms with van der Waals surface area (Å²) in [6.07, 6.45) is 2.97. The monoisotopic (exact) mass is 195 g/mol. The maximum atomic E-state index is 2.66. The molecule has 0 N–H and O–H groups in total. The Labute approximate surface area is 88.9 Å². The van der Waals surface area contributed by atoms with Crippen LogP contribution in [0.2, 0.25) is 0 Å². The summed E-state index contributed by atoms with van der Waals surface area (Å²) < 4.78 is 0. The van der Waals surface area contributed by atoms with Gasteiger partial charge in [0.1, 0.15) is 0 Å². The molecular formula is C13H25N. The van der Waals surface area contributed by atoms with Crippen LogP contribution in [-0.2, 0) is 0 Å². The van der Waals surface area contributed by atoms with Gasteiger partial charge in [0.2, 0.25) is 0 Å². The topological polar surface area (TPSA) is 3.24 Å². The molecule has 3 unspecified atom stereocenters. The number of nitrogens with zero attached hydrogens (tertiary/aromatic N) is 1. The van der Waals surface area contributed by atoms with E-state index in [4.69, 9.17) is 0 Å². The summed E-state index contributed by atoms with van der Waals surface area (Å²) in [7, 11) is 0. The summed E-state index contributed by atoms with van der Waals surface area (Å²) in [4.78, 5) is 2.66. The molecule has 1 aliphatic carbocycles. The molecule has 2 fully saturated rings. The minimum Gasteiger partial charge on any atom is -0.301 e. The zero-order valence-corrected chi connectivity index (χ0v) is 10.2. The quantitative estimate of drug-likeness (QED) is 0.654. The van der Waals surface area contributed by atoms with E-state index in [1.165, 1.54) is 25.9 Å². The number of fused-ring (bicyclic) bond motifs is 1. The van der Waals surface area contributed by atoms with Gasteiger partial charge >= 0.3 is 0 Å². The van der Waals surface area contributed by atoms with E-state index in [-0.39, 0.29) is 0 Å². The van der Waals surface area contributed by atoms with Crippen molar-refractivity contribution in [2.24, 2.45) is 23.7 Å². The standard InChI is InChI=1S/C13H25N/c1-9(2)13-7-11-8-14(10(3)4)6-5-12(11)13/h9-13H,5-8H2,1-4H3. The molecule has 0 spiro atoms. The Morgan fingerprint density at radius 2 is 1.86 bits per heavy atom. The third-order valence-electron chi connectivity index (χ3n) is 4.54. The second-order valence-corrected chi connectivity index (χ2v) is 5.94. The maximum Gasteiger partial charge on any atom is 0.00387 e. The molecule has 0 amide bonds. The largest absolute Gasteiger partial charge is 0.301 e. The lowest BCUT2D eigenvalue weighted by Crippen LogP contribution is -2.53. The summed E-state index contributed by atoms with van der Waals surface area (Å²) in [6.45, 7) is 12.2. The van der Waals surface area contributed by atoms with Crippen molar-refractivity contribution in [3.63, 3.8) is 0 Å². The SMILES string of the molecule is CC(C)C1CC2CN(C(C)C)CCC21. The van der Waals surface area contributed by atoms with Gasteiger partial charge in [-0.25, -0.2) is 0 Å². The van der Waals surface area contributed by atoms with Crippen LogP contribution in [0.1, 0.15) is 40.5 Å². The number of rotatable bonds is 2. The van der Waals surface area contributed by atoms with E-state index in [0.717, 1.165) is 29.7 Å². The molecule has 0 aromatic carbocycles. The predicted molar refractivity (Wildman–Crippen MR) is 61.3 cm³/mol. The van der Waals surface area contributed by atoms with Gasteiger partial charge in [-0.3, -0.25) is 0 Å². The zero-order chi connectivity index (χ0) is 10.3. The molecule has 2 rings (SSSR count). The smallest absolute Gasteiger partial charge is 0.00387 e. The van der Waals surface area contributed by atoms with Gasteiger partial charge in [0.05, 0.1) is 0 Å². The van der Waals surface area contributed by atoms with Crippen molar-refractivity contribution in [1.82, 2.24) is 4.90 Å². The molecule has 1 saturated carbocycles. The van der Waals surface area contributed by atoms with Gasteiger partial charge in [0.15, 0.2) is 0 Å². The first-order valence-electron chi connectivity index (χ1n) is 6.33. The highest BCUT2D eigenvalue weighted by molar-refractivity contribution is 4.95. The molecule has 0 radical (unpaired) electrons. The first-order valence-corrected chi connectivity index (χ1v) is 6.33. The first-order chi connectivity index (χ1) is 6.59. The van der Waals surface area contributed by atoms with E-state index >= 15 is 0 Å². The summed E-state index contributed by atoms with van der Waals surface area (Å²) in [5.74, 6) is 4.08. The summed E-state index contributed by atoms with van der Waals surface area (Å²) >= 11 is 0. The van der Waals surface area contributed by atoms with Gasteiger partial charge in [0, 0.05) is 12.6 Å². The van der Waals surface area contributed by atoms with Crippen LogP contribution in [0.5, 0.6) is 0 Å². The van der Waals surface area contributed by atoms with Gasteiger partial charge in [-0.05, 0) is 56.9 Å². The molecule has 1 nitrogen and oxygen atoms in total. The highest BCUT2D eigenvalue weighted by Crippen LogP contribution is 2.49. The normalized spacial score (nSPS) is 38.6. The zero-order valence-electron chi connectivity index (χ0n) is 10.2. The maximum absolute atomic E-state index is 2.66. The molecule has 1 heteroatoms. The minimum atomic E-state index is 0.758. The fourth-order valence-electron chi connectivity index (χ4n) is 3.46. The average Bonchev–Trinajstić information content (AvgIpc) is 2.05. The molecule has 1 aliphatic heterocycles. The second-order valence-electron chi connectivity index (χ2n) is 5.94. The van der Waals surface area contributed by atoms with Crippen LogP contribution < -0.4 is 0 Å². The van der Waals surface area contributed by atoms with Crippen molar-refractivity contribution in [2.75, 3.05) is 13.1 Å². The minimum absolute atomic E-state index is 0.758. The summed E-state index contributed by atoms with van der Waals surface area (Å²) in [5, 5.41) is 0. The summed E-state index contributed by atoms with van der Waals surface area (Å²) in [5.41, 5.74) is 0. The van der Waals surface area contributed by atoms with Gasteiger partial charge in [-0.15, -0.1) is 0 Å². The Bertz CT molecular complexity index is 189. The van der Waals surface area contributed by atoms with Crippen molar-refractivity contribution in [2.45, 2.75) is 46.6 Å². The van der Waals surface area contributed by atoms with Gasteiger partial charge in [0.25, 0.3) is 0 Å². The van der Waals surface area contributed by atoms with E-state index < -0.39 is 0 Å². The van der Waals surface area contributed by atoms with Crippen LogP contribution in [0.3, 0.4) is 0 Å². The van der Waals surface area contributed by atoms with Crippen molar-refractivity contribution in [3.8, 4) is 0 Å². The number of piperidine rings is 1. The highest BCUT2D eigenvalue weighted by atomic mass is 15.2. The van der Waals surface area contributed by atoms with Gasteiger partial charge < -0.3 is 4.90 Å². The van der Waals surface area contributed by atoms with E-state index in [0.29, 0.717) is 0 Å². The lowest BCUT2D eigenvalue weighted by atomic mass is 9.58. The van der Waals surface area contributed by atoms with Gasteiger partial charge in [-0.2, -0.15) is 0 Å². The third kappa shape index (κ3) is 1.71. The molecule has 2 aliphatic rings. The van der Waals surface area contributed by atoms with Crippen LogP contribution in [0.4, 0.5) is 0 Å². The number of hydrogen-bond donors (Lipinski definition) is 0. The molecule has 0 aromatic heterocycles. The first kappa shape index (κ1) is 10.5. The van der Waals surface area contributed by atoms with Gasteiger partial charge in [-0.1, -0.05) is 13.8 Å². The Balaban J connectivity index is 1.87. The average molecular weight is 195 g/mol. The van der Waals surface area contributed by atoms with Crippen molar-refractivity contribution in [1.29, 1.82) is 0 Å². The third-order valence-corrected chi connectivity index (χ3v) is 4.54. The van der Waals surface area contributed by atoms with Crippen molar-refractivity contribution in [3.05, 3.63) is 0 Å². The fourth-order valence-corrected chi connectivity index (χ4v) is 3.46. The second kappa shape index (κ2) is 3.84. The lowest BCUT2D eigenvalue weighted by Gasteiger charge is -2.53. The predicted octanol–water partition coefficient (Wildman–Crippen LogP) is 3.01. The molecule has 1 saturated heterocycles. The van der Waals surface area contributed by atoms with E-state index in [9.17, 15) is 0 Å². The Kier molecular flexibility index (Phi) is 2.88. The Morgan fingerprint density at radius 3 is 2.36 bits per heavy atom. The lowest BCUT2D eigenvalue weighted by molar-refractivity contribution is -0.0426. The van der Waals surface area contributed by atoms with Crippen LogP contribution in [0.15, 0.2) is 0 Å². The summed E-state index contributed by atoms with van der Waals surface area (Å²) in [6, 6.07) is 0.758. The highest BCUT2D eigenvalue weighted by Gasteiger charge is 2.45. The van der Waals surface area contributed by atoms with Crippen molar-refractivity contribution < 1.29 is 0 Å². The molecule has 14 heavy (non-hydrogen) atoms. The number of hydrogen-bond acceptors (Lipinski definition) is 1. The van der Waals surface area contributed by atoms with E-state index in [1.54, 1.807) is 0 Å². The molecule has 3 atom stereocenters. The Morgan fingerprint density at radius 1 is 1.14 bits per heavy atom.